The predicted octanol–water partition coefficient (Wildman–Crippen LogP) is 1.22. The van der Waals surface area contributed by atoms with Gasteiger partial charge in [-0.3, -0.25) is 9.69 Å². The lowest BCUT2D eigenvalue weighted by Crippen LogP contribution is -2.40. The number of carbonyl (C=O) groups excluding carboxylic acids is 1. The van der Waals surface area contributed by atoms with Gasteiger partial charge < -0.3 is 16.2 Å². The minimum absolute atomic E-state index is 0.0637. The summed E-state index contributed by atoms with van der Waals surface area (Å²) in [5, 5.41) is 12.3. The van der Waals surface area contributed by atoms with Gasteiger partial charge in [0.2, 0.25) is 5.91 Å². The number of rotatable bonds is 4. The molecule has 0 aliphatic carbocycles. The molecule has 4 N–H and O–H groups in total. The van der Waals surface area contributed by atoms with E-state index in [4.69, 9.17) is 5.73 Å². The molecule has 5 nitrogen and oxygen atoms in total. The molecule has 20 heavy (non-hydrogen) atoms. The summed E-state index contributed by atoms with van der Waals surface area (Å²) >= 11 is 0. The number of carbonyl (C=O) groups is 1. The van der Waals surface area contributed by atoms with Crippen LogP contribution in [0.15, 0.2) is 18.2 Å². The Bertz CT molecular complexity index is 490. The molecule has 1 heterocycles. The van der Waals surface area contributed by atoms with Crippen molar-refractivity contribution in [2.45, 2.75) is 26.3 Å². The lowest BCUT2D eigenvalue weighted by atomic mass is 10.0. The second-order valence-corrected chi connectivity index (χ2v) is 5.55. The van der Waals surface area contributed by atoms with E-state index >= 15 is 0 Å². The molecule has 1 aromatic carbocycles. The monoisotopic (exact) mass is 277 g/mol. The highest BCUT2D eigenvalue weighted by molar-refractivity contribution is 5.93. The normalized spacial score (nSPS) is 22.9. The molecule has 110 valence electrons. The van der Waals surface area contributed by atoms with Crippen LogP contribution in [-0.2, 0) is 4.79 Å². The van der Waals surface area contributed by atoms with Gasteiger partial charge in [-0.25, -0.2) is 0 Å². The Kier molecular flexibility index (Phi) is 4.62. The van der Waals surface area contributed by atoms with Gasteiger partial charge in [0.05, 0.1) is 13.2 Å². The van der Waals surface area contributed by atoms with E-state index in [1.165, 1.54) is 0 Å². The lowest BCUT2D eigenvalue weighted by Gasteiger charge is -2.24. The average molecular weight is 277 g/mol. The standard InChI is InChI=1S/C15H23N3O2/c1-10-6-7-18(14(10)9-19)8-15(20)17-13-5-3-4-12(16)11(13)2/h3-5,10,14,19H,6-9,16H2,1-2H3,(H,17,20). The fourth-order valence-corrected chi connectivity index (χ4v) is 2.74. The van der Waals surface area contributed by atoms with Crippen molar-refractivity contribution >= 4 is 17.3 Å². The van der Waals surface area contributed by atoms with E-state index in [1.807, 2.05) is 30.0 Å². The van der Waals surface area contributed by atoms with Crippen molar-refractivity contribution < 1.29 is 9.90 Å². The van der Waals surface area contributed by atoms with Crippen LogP contribution in [0.25, 0.3) is 0 Å². The summed E-state index contributed by atoms with van der Waals surface area (Å²) in [6.45, 7) is 5.27. The first-order valence-electron chi connectivity index (χ1n) is 7.02. The fourth-order valence-electron chi connectivity index (χ4n) is 2.74. The third-order valence-corrected chi connectivity index (χ3v) is 4.18. The first kappa shape index (κ1) is 14.8. The Morgan fingerprint density at radius 1 is 1.55 bits per heavy atom. The van der Waals surface area contributed by atoms with E-state index in [-0.39, 0.29) is 18.6 Å². The van der Waals surface area contributed by atoms with Gasteiger partial charge in [-0.1, -0.05) is 13.0 Å². The van der Waals surface area contributed by atoms with Crippen molar-refractivity contribution in [3.63, 3.8) is 0 Å². The molecule has 0 radical (unpaired) electrons. The Morgan fingerprint density at radius 3 is 3.00 bits per heavy atom. The fraction of sp³-hybridized carbons (Fsp3) is 0.533. The highest BCUT2D eigenvalue weighted by Gasteiger charge is 2.31. The minimum atomic E-state index is -0.0637. The van der Waals surface area contributed by atoms with Crippen LogP contribution >= 0.6 is 0 Å². The van der Waals surface area contributed by atoms with Crippen molar-refractivity contribution in [2.75, 3.05) is 30.7 Å². The highest BCUT2D eigenvalue weighted by atomic mass is 16.3. The summed E-state index contributed by atoms with van der Waals surface area (Å²) < 4.78 is 0. The highest BCUT2D eigenvalue weighted by Crippen LogP contribution is 2.24. The van der Waals surface area contributed by atoms with Crippen LogP contribution in [0.5, 0.6) is 0 Å². The topological polar surface area (TPSA) is 78.6 Å². The zero-order valence-corrected chi connectivity index (χ0v) is 12.1. The molecule has 2 rings (SSSR count). The van der Waals surface area contributed by atoms with Gasteiger partial charge in [-0.05, 0) is 43.5 Å². The second kappa shape index (κ2) is 6.24. The Balaban J connectivity index is 1.97. The van der Waals surface area contributed by atoms with Crippen molar-refractivity contribution in [1.29, 1.82) is 0 Å². The Hall–Kier alpha value is -1.59. The number of likely N-dealkylation sites (tertiary alicyclic amines) is 1. The van der Waals surface area contributed by atoms with Crippen LogP contribution in [0.2, 0.25) is 0 Å². The number of aliphatic hydroxyl groups excluding tert-OH is 1. The van der Waals surface area contributed by atoms with Gasteiger partial charge in [0, 0.05) is 17.4 Å². The molecular weight excluding hydrogens is 254 g/mol. The van der Waals surface area contributed by atoms with Gasteiger partial charge in [0.1, 0.15) is 0 Å². The number of hydrogen-bond donors (Lipinski definition) is 3. The van der Waals surface area contributed by atoms with Gasteiger partial charge in [-0.2, -0.15) is 0 Å². The number of nitrogens with two attached hydrogens (primary N) is 1. The molecule has 0 saturated carbocycles. The molecule has 5 heteroatoms. The number of amides is 1. The smallest absolute Gasteiger partial charge is 0.238 e. The second-order valence-electron chi connectivity index (χ2n) is 5.55. The van der Waals surface area contributed by atoms with Crippen molar-refractivity contribution in [3.05, 3.63) is 23.8 Å². The van der Waals surface area contributed by atoms with Gasteiger partial charge in [0.15, 0.2) is 0 Å². The SMILES string of the molecule is Cc1c(N)cccc1NC(=O)CN1CCC(C)C1CO. The maximum Gasteiger partial charge on any atom is 0.238 e. The summed E-state index contributed by atoms with van der Waals surface area (Å²) in [7, 11) is 0. The molecule has 1 saturated heterocycles. The van der Waals surface area contributed by atoms with E-state index in [0.717, 1.165) is 24.2 Å². The lowest BCUT2D eigenvalue weighted by molar-refractivity contribution is -0.117. The van der Waals surface area contributed by atoms with E-state index in [1.54, 1.807) is 0 Å². The number of aliphatic hydroxyl groups is 1. The van der Waals surface area contributed by atoms with Gasteiger partial charge in [-0.15, -0.1) is 0 Å². The van der Waals surface area contributed by atoms with Crippen LogP contribution < -0.4 is 11.1 Å². The van der Waals surface area contributed by atoms with Crippen LogP contribution in [0.1, 0.15) is 18.9 Å². The number of nitrogen functional groups attached to an aromatic ring is 1. The third-order valence-electron chi connectivity index (χ3n) is 4.18. The number of nitrogens with one attached hydrogen (secondary N) is 1. The van der Waals surface area contributed by atoms with Crippen LogP contribution in [-0.4, -0.2) is 41.7 Å². The third kappa shape index (κ3) is 3.11. The number of nitrogens with zero attached hydrogens (tertiary/aromatic N) is 1. The van der Waals surface area contributed by atoms with E-state index in [9.17, 15) is 9.90 Å². The molecule has 0 bridgehead atoms. The maximum absolute atomic E-state index is 12.1. The predicted molar refractivity (Wildman–Crippen MR) is 80.4 cm³/mol. The zero-order chi connectivity index (χ0) is 14.7. The summed E-state index contributed by atoms with van der Waals surface area (Å²) in [5.74, 6) is 0.369. The first-order valence-corrected chi connectivity index (χ1v) is 7.02. The van der Waals surface area contributed by atoms with E-state index in [2.05, 4.69) is 12.2 Å². The Morgan fingerprint density at radius 2 is 2.30 bits per heavy atom. The molecule has 1 aliphatic heterocycles. The number of benzene rings is 1. The van der Waals surface area contributed by atoms with Crippen molar-refractivity contribution in [3.8, 4) is 0 Å². The van der Waals surface area contributed by atoms with Crippen LogP contribution in [0.3, 0.4) is 0 Å². The molecule has 1 aliphatic rings. The molecule has 2 atom stereocenters. The molecule has 1 amide bonds. The summed E-state index contributed by atoms with van der Waals surface area (Å²) in [4.78, 5) is 14.2. The number of hydrogen-bond acceptors (Lipinski definition) is 4. The molecule has 0 aromatic heterocycles. The summed E-state index contributed by atoms with van der Waals surface area (Å²) in [6, 6.07) is 5.57. The first-order chi connectivity index (χ1) is 9.52. The quantitative estimate of drug-likeness (QED) is 0.723. The zero-order valence-electron chi connectivity index (χ0n) is 12.1. The van der Waals surface area contributed by atoms with Crippen LogP contribution in [0.4, 0.5) is 11.4 Å². The minimum Gasteiger partial charge on any atom is -0.398 e. The van der Waals surface area contributed by atoms with Crippen molar-refractivity contribution in [2.24, 2.45) is 5.92 Å². The van der Waals surface area contributed by atoms with Crippen LogP contribution in [0, 0.1) is 12.8 Å². The number of anilines is 2. The average Bonchev–Trinajstić information content (AvgIpc) is 2.75. The van der Waals surface area contributed by atoms with Gasteiger partial charge >= 0.3 is 0 Å². The summed E-state index contributed by atoms with van der Waals surface area (Å²) in [6.07, 6.45) is 1.02. The molecular formula is C15H23N3O2. The molecule has 1 aromatic rings. The van der Waals surface area contributed by atoms with Gasteiger partial charge in [0.25, 0.3) is 0 Å². The van der Waals surface area contributed by atoms with E-state index in [0.29, 0.717) is 18.2 Å². The maximum atomic E-state index is 12.1. The largest absolute Gasteiger partial charge is 0.398 e. The van der Waals surface area contributed by atoms with E-state index < -0.39 is 0 Å². The Labute approximate surface area is 119 Å². The molecule has 0 spiro atoms. The summed E-state index contributed by atoms with van der Waals surface area (Å²) in [5.41, 5.74) is 8.14. The molecule has 2 unspecified atom stereocenters. The molecule has 1 fully saturated rings. The van der Waals surface area contributed by atoms with Crippen molar-refractivity contribution in [1.82, 2.24) is 4.90 Å².